The maximum atomic E-state index is 10.8. The molecule has 1 saturated carbocycles. The zero-order valence-electron chi connectivity index (χ0n) is 13.8. The van der Waals surface area contributed by atoms with Crippen LogP contribution in [-0.4, -0.2) is 24.5 Å². The van der Waals surface area contributed by atoms with E-state index in [1.54, 1.807) is 19.2 Å². The third kappa shape index (κ3) is 5.88. The first-order chi connectivity index (χ1) is 11.2. The molecule has 1 aromatic carbocycles. The van der Waals surface area contributed by atoms with E-state index < -0.39 is 0 Å². The van der Waals surface area contributed by atoms with Gasteiger partial charge in [-0.1, -0.05) is 37.8 Å². The van der Waals surface area contributed by atoms with Gasteiger partial charge >= 0.3 is 0 Å². The van der Waals surface area contributed by atoms with E-state index in [1.165, 1.54) is 38.2 Å². The molecule has 6 heteroatoms. The van der Waals surface area contributed by atoms with Crippen LogP contribution in [0.25, 0.3) is 0 Å². The first-order valence-corrected chi connectivity index (χ1v) is 8.37. The predicted molar refractivity (Wildman–Crippen MR) is 92.5 cm³/mol. The summed E-state index contributed by atoms with van der Waals surface area (Å²) >= 11 is 0. The molecule has 0 spiro atoms. The van der Waals surface area contributed by atoms with Crippen molar-refractivity contribution in [2.45, 2.75) is 45.1 Å². The maximum absolute atomic E-state index is 10.8. The monoisotopic (exact) mass is 318 g/mol. The van der Waals surface area contributed by atoms with Gasteiger partial charge in [0.05, 0.1) is 4.92 Å². The number of nitro groups is 1. The fourth-order valence-corrected chi connectivity index (χ4v) is 3.08. The lowest BCUT2D eigenvalue weighted by molar-refractivity contribution is -0.384. The van der Waals surface area contributed by atoms with Crippen LogP contribution in [0.1, 0.15) is 44.1 Å². The van der Waals surface area contributed by atoms with Crippen LogP contribution in [0.15, 0.2) is 29.3 Å². The van der Waals surface area contributed by atoms with Gasteiger partial charge in [-0.25, -0.2) is 0 Å². The van der Waals surface area contributed by atoms with Gasteiger partial charge in [0.15, 0.2) is 5.96 Å². The van der Waals surface area contributed by atoms with Gasteiger partial charge in [0.25, 0.3) is 5.69 Å². The lowest BCUT2D eigenvalue weighted by atomic mass is 10.0. The van der Waals surface area contributed by atoms with Crippen molar-refractivity contribution < 1.29 is 4.92 Å². The Kier molecular flexibility index (Phi) is 6.84. The SMILES string of the molecule is CN=C(NCCCC1CCCC1)NCc1cccc([N+](=O)[O-])c1. The van der Waals surface area contributed by atoms with Crippen molar-refractivity contribution in [1.29, 1.82) is 0 Å². The van der Waals surface area contributed by atoms with Crippen LogP contribution in [0, 0.1) is 16.0 Å². The summed E-state index contributed by atoms with van der Waals surface area (Å²) in [6.45, 7) is 1.43. The minimum atomic E-state index is -0.375. The molecule has 1 fully saturated rings. The van der Waals surface area contributed by atoms with E-state index in [0.29, 0.717) is 6.54 Å². The van der Waals surface area contributed by atoms with Crippen LogP contribution >= 0.6 is 0 Å². The Morgan fingerprint density at radius 1 is 1.35 bits per heavy atom. The second kappa shape index (κ2) is 9.12. The van der Waals surface area contributed by atoms with Crippen LogP contribution in [0.5, 0.6) is 0 Å². The number of non-ortho nitro benzene ring substituents is 1. The molecule has 1 aliphatic rings. The minimum absolute atomic E-state index is 0.115. The molecule has 0 atom stereocenters. The fourth-order valence-electron chi connectivity index (χ4n) is 3.08. The number of nitrogens with zero attached hydrogens (tertiary/aromatic N) is 2. The normalized spacial score (nSPS) is 15.6. The van der Waals surface area contributed by atoms with Crippen molar-refractivity contribution in [2.75, 3.05) is 13.6 Å². The van der Waals surface area contributed by atoms with E-state index in [-0.39, 0.29) is 10.6 Å². The maximum Gasteiger partial charge on any atom is 0.269 e. The molecular formula is C17H26N4O2. The van der Waals surface area contributed by atoms with E-state index in [2.05, 4.69) is 15.6 Å². The number of hydrogen-bond donors (Lipinski definition) is 2. The van der Waals surface area contributed by atoms with Gasteiger partial charge in [-0.15, -0.1) is 0 Å². The lowest BCUT2D eigenvalue weighted by Crippen LogP contribution is -2.37. The summed E-state index contributed by atoms with van der Waals surface area (Å²) in [5.41, 5.74) is 0.983. The molecule has 126 valence electrons. The van der Waals surface area contributed by atoms with E-state index in [0.717, 1.165) is 30.4 Å². The standard InChI is InChI=1S/C17H26N4O2/c1-18-17(19-11-5-9-14-6-2-3-7-14)20-13-15-8-4-10-16(12-15)21(22)23/h4,8,10,12,14H,2-3,5-7,9,11,13H2,1H3,(H2,18,19,20). The molecule has 0 amide bonds. The number of guanidine groups is 1. The van der Waals surface area contributed by atoms with Crippen molar-refractivity contribution in [3.63, 3.8) is 0 Å². The third-order valence-electron chi connectivity index (χ3n) is 4.36. The average molecular weight is 318 g/mol. The topological polar surface area (TPSA) is 79.6 Å². The van der Waals surface area contributed by atoms with Gasteiger partial charge in [-0.2, -0.15) is 0 Å². The summed E-state index contributed by atoms with van der Waals surface area (Å²) in [5.74, 6) is 1.65. The molecule has 2 rings (SSSR count). The van der Waals surface area contributed by atoms with Crippen molar-refractivity contribution >= 4 is 11.6 Å². The number of rotatable bonds is 7. The Bertz CT molecular complexity index is 539. The largest absolute Gasteiger partial charge is 0.356 e. The number of aliphatic imine (C=N–C) groups is 1. The highest BCUT2D eigenvalue weighted by molar-refractivity contribution is 5.79. The highest BCUT2D eigenvalue weighted by Gasteiger charge is 2.14. The van der Waals surface area contributed by atoms with Crippen molar-refractivity contribution in [1.82, 2.24) is 10.6 Å². The zero-order valence-corrected chi connectivity index (χ0v) is 13.8. The number of nitrogens with one attached hydrogen (secondary N) is 2. The van der Waals surface area contributed by atoms with Gasteiger partial charge in [0.2, 0.25) is 0 Å². The van der Waals surface area contributed by atoms with E-state index in [9.17, 15) is 10.1 Å². The molecule has 0 aromatic heterocycles. The average Bonchev–Trinajstić information content (AvgIpc) is 3.08. The smallest absolute Gasteiger partial charge is 0.269 e. The molecule has 2 N–H and O–H groups in total. The molecule has 0 radical (unpaired) electrons. The van der Waals surface area contributed by atoms with E-state index >= 15 is 0 Å². The van der Waals surface area contributed by atoms with E-state index in [4.69, 9.17) is 0 Å². The minimum Gasteiger partial charge on any atom is -0.356 e. The first-order valence-electron chi connectivity index (χ1n) is 8.37. The second-order valence-corrected chi connectivity index (χ2v) is 6.07. The molecule has 0 aliphatic heterocycles. The van der Waals surface area contributed by atoms with Crippen molar-refractivity contribution in [3.8, 4) is 0 Å². The Labute approximate surface area is 137 Å². The predicted octanol–water partition coefficient (Wildman–Crippen LogP) is 3.23. The molecule has 1 aromatic rings. The molecule has 0 saturated heterocycles. The van der Waals surface area contributed by atoms with Gasteiger partial charge in [0.1, 0.15) is 0 Å². The van der Waals surface area contributed by atoms with E-state index in [1.807, 2.05) is 6.07 Å². The molecular weight excluding hydrogens is 292 g/mol. The number of nitro benzene ring substituents is 1. The molecule has 0 unspecified atom stereocenters. The summed E-state index contributed by atoms with van der Waals surface area (Å²) in [5, 5.41) is 17.3. The third-order valence-corrected chi connectivity index (χ3v) is 4.36. The zero-order chi connectivity index (χ0) is 16.5. The van der Waals surface area contributed by atoms with Gasteiger partial charge in [-0.3, -0.25) is 15.1 Å². The summed E-state index contributed by atoms with van der Waals surface area (Å²) in [4.78, 5) is 14.6. The van der Waals surface area contributed by atoms with Gasteiger partial charge < -0.3 is 10.6 Å². The number of benzene rings is 1. The summed E-state index contributed by atoms with van der Waals surface area (Å²) < 4.78 is 0. The summed E-state index contributed by atoms with van der Waals surface area (Å²) in [7, 11) is 1.74. The van der Waals surface area contributed by atoms with Gasteiger partial charge in [0, 0.05) is 32.3 Å². The van der Waals surface area contributed by atoms with Crippen LogP contribution in [0.3, 0.4) is 0 Å². The fraction of sp³-hybridized carbons (Fsp3) is 0.588. The second-order valence-electron chi connectivity index (χ2n) is 6.07. The van der Waals surface area contributed by atoms with Gasteiger partial charge in [-0.05, 0) is 24.3 Å². The first kappa shape index (κ1) is 17.2. The molecule has 23 heavy (non-hydrogen) atoms. The van der Waals surface area contributed by atoms with Crippen molar-refractivity contribution in [2.24, 2.45) is 10.9 Å². The Morgan fingerprint density at radius 3 is 2.83 bits per heavy atom. The van der Waals surface area contributed by atoms with Crippen LogP contribution in [0.2, 0.25) is 0 Å². The summed E-state index contributed by atoms with van der Waals surface area (Å²) in [6.07, 6.45) is 8.01. The molecule has 0 heterocycles. The van der Waals surface area contributed by atoms with Crippen LogP contribution < -0.4 is 10.6 Å². The Morgan fingerprint density at radius 2 is 2.13 bits per heavy atom. The summed E-state index contributed by atoms with van der Waals surface area (Å²) in [6, 6.07) is 6.65. The Hall–Kier alpha value is -2.11. The quantitative estimate of drug-likeness (QED) is 0.266. The van der Waals surface area contributed by atoms with Crippen LogP contribution in [0.4, 0.5) is 5.69 Å². The highest BCUT2D eigenvalue weighted by Crippen LogP contribution is 2.28. The molecule has 0 bridgehead atoms. The number of hydrogen-bond acceptors (Lipinski definition) is 3. The molecule has 1 aliphatic carbocycles. The van der Waals surface area contributed by atoms with Crippen molar-refractivity contribution in [3.05, 3.63) is 39.9 Å². The Balaban J connectivity index is 1.70. The highest BCUT2D eigenvalue weighted by atomic mass is 16.6. The van der Waals surface area contributed by atoms with Crippen LogP contribution in [-0.2, 0) is 6.54 Å². The lowest BCUT2D eigenvalue weighted by Gasteiger charge is -2.13. The molecule has 6 nitrogen and oxygen atoms in total.